The van der Waals surface area contributed by atoms with Crippen LogP contribution in [0.1, 0.15) is 16.4 Å². The average Bonchev–Trinajstić information content (AvgIpc) is 3.14. The summed E-state index contributed by atoms with van der Waals surface area (Å²) in [5.74, 6) is -1.64. The lowest BCUT2D eigenvalue weighted by atomic mass is 9.88. The Bertz CT molecular complexity index is 745. The number of hydrogen-bond acceptors (Lipinski definition) is 4. The number of halogens is 1. The van der Waals surface area contributed by atoms with E-state index in [9.17, 15) is 9.59 Å². The van der Waals surface area contributed by atoms with Gasteiger partial charge in [-0.1, -0.05) is 41.9 Å². The van der Waals surface area contributed by atoms with E-state index in [0.717, 1.165) is 10.4 Å². The smallest absolute Gasteiger partial charge is 0.253 e. The number of hydrogen-bond donors (Lipinski definition) is 2. The number of nitrogens with zero attached hydrogens (tertiary/aromatic N) is 1. The van der Waals surface area contributed by atoms with Crippen LogP contribution in [0.2, 0.25) is 4.34 Å². The Morgan fingerprint density at radius 2 is 2.09 bits per heavy atom. The fourth-order valence-corrected chi connectivity index (χ4v) is 3.49. The Hall–Kier alpha value is -2.18. The number of carbonyl (C=O) groups excluding carboxylic acids is 2. The molecule has 1 fully saturated rings. The standard InChI is InChI=1S/C16H14ClN3O2S/c17-13-7-6-11(23-13)8-19-20-16(22)14-12(9-18-15(14)21)10-4-2-1-3-5-10/h1-8,12,14H,9H2,(H,18,21)(H,20,22)/b19-8-/t12-,14-/m0/s1. The molecule has 1 aromatic carbocycles. The van der Waals surface area contributed by atoms with Crippen molar-refractivity contribution in [2.75, 3.05) is 6.54 Å². The molecule has 2 heterocycles. The van der Waals surface area contributed by atoms with E-state index in [0.29, 0.717) is 10.9 Å². The number of carbonyl (C=O) groups is 2. The molecule has 1 saturated heterocycles. The molecule has 2 N–H and O–H groups in total. The van der Waals surface area contributed by atoms with Crippen LogP contribution in [-0.2, 0) is 9.59 Å². The van der Waals surface area contributed by atoms with Crippen LogP contribution in [0.4, 0.5) is 0 Å². The quantitative estimate of drug-likeness (QED) is 0.506. The van der Waals surface area contributed by atoms with Crippen molar-refractivity contribution in [3.63, 3.8) is 0 Å². The van der Waals surface area contributed by atoms with Crippen molar-refractivity contribution in [2.45, 2.75) is 5.92 Å². The highest BCUT2D eigenvalue weighted by Crippen LogP contribution is 2.29. The molecule has 118 valence electrons. The molecule has 0 radical (unpaired) electrons. The first-order chi connectivity index (χ1) is 11.1. The van der Waals surface area contributed by atoms with Gasteiger partial charge in [-0.25, -0.2) is 5.43 Å². The fourth-order valence-electron chi connectivity index (χ4n) is 2.56. The largest absolute Gasteiger partial charge is 0.355 e. The summed E-state index contributed by atoms with van der Waals surface area (Å²) < 4.78 is 0.650. The molecule has 5 nitrogen and oxygen atoms in total. The van der Waals surface area contributed by atoms with Crippen LogP contribution >= 0.6 is 22.9 Å². The maximum atomic E-state index is 12.3. The maximum absolute atomic E-state index is 12.3. The summed E-state index contributed by atoms with van der Waals surface area (Å²) in [4.78, 5) is 25.1. The first-order valence-corrected chi connectivity index (χ1v) is 8.25. The average molecular weight is 348 g/mol. The van der Waals surface area contributed by atoms with Crippen LogP contribution in [-0.4, -0.2) is 24.6 Å². The lowest BCUT2D eigenvalue weighted by Crippen LogP contribution is -2.34. The molecule has 7 heteroatoms. The minimum Gasteiger partial charge on any atom is -0.355 e. The minimum absolute atomic E-state index is 0.185. The van der Waals surface area contributed by atoms with Crippen molar-refractivity contribution in [1.29, 1.82) is 0 Å². The van der Waals surface area contributed by atoms with Crippen LogP contribution in [0.5, 0.6) is 0 Å². The molecule has 2 amide bonds. The molecular weight excluding hydrogens is 334 g/mol. The van der Waals surface area contributed by atoms with Gasteiger partial charge in [-0.3, -0.25) is 9.59 Å². The second-order valence-electron chi connectivity index (χ2n) is 5.12. The van der Waals surface area contributed by atoms with E-state index >= 15 is 0 Å². The number of amides is 2. The number of hydrazone groups is 1. The molecule has 2 atom stereocenters. The Labute approximate surface area is 142 Å². The highest BCUT2D eigenvalue weighted by atomic mass is 35.5. The van der Waals surface area contributed by atoms with Crippen LogP contribution in [0.3, 0.4) is 0 Å². The van der Waals surface area contributed by atoms with E-state index in [1.54, 1.807) is 12.1 Å². The van der Waals surface area contributed by atoms with Crippen LogP contribution < -0.4 is 10.7 Å². The SMILES string of the molecule is O=C1NC[C@@H](c2ccccc2)[C@@H]1C(=O)N/N=C\c1ccc(Cl)s1. The molecule has 23 heavy (non-hydrogen) atoms. The van der Waals surface area contributed by atoms with Gasteiger partial charge in [-0.15, -0.1) is 11.3 Å². The van der Waals surface area contributed by atoms with Crippen LogP contribution in [0, 0.1) is 5.92 Å². The van der Waals surface area contributed by atoms with Crippen molar-refractivity contribution in [3.05, 3.63) is 57.2 Å². The van der Waals surface area contributed by atoms with Gasteiger partial charge >= 0.3 is 0 Å². The third-order valence-electron chi connectivity index (χ3n) is 3.65. The third kappa shape index (κ3) is 3.60. The van der Waals surface area contributed by atoms with Crippen LogP contribution in [0.15, 0.2) is 47.6 Å². The Balaban J connectivity index is 1.69. The maximum Gasteiger partial charge on any atom is 0.253 e. The predicted molar refractivity (Wildman–Crippen MR) is 90.7 cm³/mol. The molecule has 1 aliphatic heterocycles. The molecule has 2 aromatic rings. The molecule has 3 rings (SSSR count). The molecular formula is C16H14ClN3O2S. The zero-order valence-corrected chi connectivity index (χ0v) is 13.6. The molecule has 0 aliphatic carbocycles. The number of thiophene rings is 1. The summed E-state index contributed by atoms with van der Waals surface area (Å²) in [6, 6.07) is 13.1. The van der Waals surface area contributed by atoms with Gasteiger partial charge in [0, 0.05) is 17.3 Å². The van der Waals surface area contributed by atoms with Gasteiger partial charge in [0.15, 0.2) is 0 Å². The second-order valence-corrected chi connectivity index (χ2v) is 6.86. The minimum atomic E-state index is -0.776. The molecule has 0 unspecified atom stereocenters. The second kappa shape index (κ2) is 6.93. The van der Waals surface area contributed by atoms with Gasteiger partial charge < -0.3 is 5.32 Å². The highest BCUT2D eigenvalue weighted by Gasteiger charge is 2.40. The lowest BCUT2D eigenvalue weighted by molar-refractivity contribution is -0.133. The van der Waals surface area contributed by atoms with E-state index in [1.165, 1.54) is 17.6 Å². The van der Waals surface area contributed by atoms with Gasteiger partial charge in [0.25, 0.3) is 5.91 Å². The number of rotatable bonds is 4. The summed E-state index contributed by atoms with van der Waals surface area (Å²) in [5.41, 5.74) is 3.40. The number of benzene rings is 1. The Morgan fingerprint density at radius 3 is 2.78 bits per heavy atom. The van der Waals surface area contributed by atoms with E-state index in [1.807, 2.05) is 30.3 Å². The van der Waals surface area contributed by atoms with Crippen molar-refractivity contribution in [1.82, 2.24) is 10.7 Å². The number of nitrogens with one attached hydrogen (secondary N) is 2. The van der Waals surface area contributed by atoms with Gasteiger partial charge in [0.05, 0.1) is 10.6 Å². The Kier molecular flexibility index (Phi) is 4.73. The van der Waals surface area contributed by atoms with Gasteiger partial charge in [0.1, 0.15) is 5.92 Å². The van der Waals surface area contributed by atoms with Crippen molar-refractivity contribution in [2.24, 2.45) is 11.0 Å². The summed E-state index contributed by atoms with van der Waals surface area (Å²) in [6.07, 6.45) is 1.51. The molecule has 0 bridgehead atoms. The van der Waals surface area contributed by atoms with Crippen molar-refractivity contribution < 1.29 is 9.59 Å². The van der Waals surface area contributed by atoms with Gasteiger partial charge in [-0.05, 0) is 17.7 Å². The van der Waals surface area contributed by atoms with E-state index in [4.69, 9.17) is 11.6 Å². The Morgan fingerprint density at radius 1 is 1.30 bits per heavy atom. The first kappa shape index (κ1) is 15.7. The summed E-state index contributed by atoms with van der Waals surface area (Å²) in [5, 5.41) is 6.65. The topological polar surface area (TPSA) is 70.6 Å². The lowest BCUT2D eigenvalue weighted by Gasteiger charge is -2.15. The van der Waals surface area contributed by atoms with E-state index in [-0.39, 0.29) is 11.8 Å². The fraction of sp³-hybridized carbons (Fsp3) is 0.188. The third-order valence-corrected chi connectivity index (χ3v) is 4.82. The van der Waals surface area contributed by atoms with E-state index in [2.05, 4.69) is 15.8 Å². The molecule has 0 spiro atoms. The normalized spacial score (nSPS) is 20.7. The highest BCUT2D eigenvalue weighted by molar-refractivity contribution is 7.17. The molecule has 1 aromatic heterocycles. The summed E-state index contributed by atoms with van der Waals surface area (Å²) in [7, 11) is 0. The zero-order valence-electron chi connectivity index (χ0n) is 12.0. The predicted octanol–water partition coefficient (Wildman–Crippen LogP) is 2.38. The van der Waals surface area contributed by atoms with Crippen LogP contribution in [0.25, 0.3) is 0 Å². The van der Waals surface area contributed by atoms with E-state index < -0.39 is 11.8 Å². The zero-order chi connectivity index (χ0) is 16.2. The summed E-state index contributed by atoms with van der Waals surface area (Å²) in [6.45, 7) is 0.450. The summed E-state index contributed by atoms with van der Waals surface area (Å²) >= 11 is 7.18. The van der Waals surface area contributed by atoms with Gasteiger partial charge in [0.2, 0.25) is 5.91 Å². The van der Waals surface area contributed by atoms with Crippen molar-refractivity contribution >= 4 is 41.0 Å². The molecule has 1 aliphatic rings. The molecule has 0 saturated carbocycles. The monoisotopic (exact) mass is 347 g/mol. The first-order valence-electron chi connectivity index (χ1n) is 7.06. The van der Waals surface area contributed by atoms with Gasteiger partial charge in [-0.2, -0.15) is 5.10 Å². The van der Waals surface area contributed by atoms with Crippen molar-refractivity contribution in [3.8, 4) is 0 Å².